The van der Waals surface area contributed by atoms with Crippen molar-refractivity contribution in [2.45, 2.75) is 18.9 Å². The van der Waals surface area contributed by atoms with Gasteiger partial charge in [0.15, 0.2) is 0 Å². The first-order valence-corrected chi connectivity index (χ1v) is 5.09. The summed E-state index contributed by atoms with van der Waals surface area (Å²) in [5.41, 5.74) is 7.86. The van der Waals surface area contributed by atoms with Crippen molar-refractivity contribution in [2.24, 2.45) is 5.73 Å². The highest BCUT2D eigenvalue weighted by Crippen LogP contribution is 2.25. The molecule has 0 spiro atoms. The van der Waals surface area contributed by atoms with Crippen LogP contribution in [0.3, 0.4) is 0 Å². The molecule has 2 rings (SSSR count). The third-order valence-corrected chi connectivity index (χ3v) is 2.57. The summed E-state index contributed by atoms with van der Waals surface area (Å²) in [4.78, 5) is 0. The predicted octanol–water partition coefficient (Wildman–Crippen LogP) is 2.52. The number of hydrogen-bond acceptors (Lipinski definition) is 2. The molecule has 3 heteroatoms. The zero-order chi connectivity index (χ0) is 10.7. The summed E-state index contributed by atoms with van der Waals surface area (Å²) in [5.74, 6) is -0.250. The van der Waals surface area contributed by atoms with Crippen molar-refractivity contribution >= 4 is 0 Å². The van der Waals surface area contributed by atoms with Crippen LogP contribution < -0.4 is 5.73 Å². The molecule has 0 bridgehead atoms. The lowest BCUT2D eigenvalue weighted by atomic mass is 9.96. The Morgan fingerprint density at radius 1 is 1.40 bits per heavy atom. The quantitative estimate of drug-likeness (QED) is 0.808. The van der Waals surface area contributed by atoms with Crippen LogP contribution in [-0.4, -0.2) is 6.61 Å². The molecule has 1 unspecified atom stereocenters. The zero-order valence-corrected chi connectivity index (χ0v) is 8.45. The average Bonchev–Trinajstić information content (AvgIpc) is 2.29. The van der Waals surface area contributed by atoms with Crippen molar-refractivity contribution in [1.82, 2.24) is 0 Å². The summed E-state index contributed by atoms with van der Waals surface area (Å²) < 4.78 is 18.2. The van der Waals surface area contributed by atoms with Crippen molar-refractivity contribution in [2.75, 3.05) is 6.61 Å². The molecule has 80 valence electrons. The lowest BCUT2D eigenvalue weighted by Crippen LogP contribution is -2.16. The molecule has 1 aliphatic rings. The molecule has 1 aromatic carbocycles. The maximum absolute atomic E-state index is 13.0. The molecule has 2 nitrogen and oxygen atoms in total. The van der Waals surface area contributed by atoms with Crippen molar-refractivity contribution in [1.29, 1.82) is 0 Å². The Hall–Kier alpha value is -1.35. The highest BCUT2D eigenvalue weighted by Gasteiger charge is 2.15. The van der Waals surface area contributed by atoms with Gasteiger partial charge in [0, 0.05) is 0 Å². The van der Waals surface area contributed by atoms with Crippen LogP contribution in [0.5, 0.6) is 0 Å². The van der Waals surface area contributed by atoms with Crippen molar-refractivity contribution in [3.63, 3.8) is 0 Å². The van der Waals surface area contributed by atoms with Gasteiger partial charge in [-0.15, -0.1) is 0 Å². The Morgan fingerprint density at radius 3 is 2.93 bits per heavy atom. The van der Waals surface area contributed by atoms with Crippen LogP contribution in [0.1, 0.15) is 24.4 Å². The second-order valence-electron chi connectivity index (χ2n) is 3.70. The van der Waals surface area contributed by atoms with Crippen LogP contribution in [0.25, 0.3) is 0 Å². The molecule has 0 saturated carbocycles. The normalized spacial score (nSPS) is 17.9. The Morgan fingerprint density at radius 2 is 2.27 bits per heavy atom. The van der Waals surface area contributed by atoms with Crippen molar-refractivity contribution in [3.8, 4) is 0 Å². The smallest absolute Gasteiger partial charge is 0.123 e. The van der Waals surface area contributed by atoms with E-state index in [-0.39, 0.29) is 11.9 Å². The minimum Gasteiger partial charge on any atom is -0.501 e. The van der Waals surface area contributed by atoms with E-state index in [9.17, 15) is 4.39 Å². The highest BCUT2D eigenvalue weighted by molar-refractivity contribution is 5.27. The van der Waals surface area contributed by atoms with E-state index in [0.717, 1.165) is 30.6 Å². The van der Waals surface area contributed by atoms with Gasteiger partial charge in [0.05, 0.1) is 18.9 Å². The monoisotopic (exact) mass is 207 g/mol. The molecular weight excluding hydrogens is 193 g/mol. The van der Waals surface area contributed by atoms with E-state index in [1.165, 1.54) is 12.1 Å². The molecule has 1 heterocycles. The first-order chi connectivity index (χ1) is 7.27. The van der Waals surface area contributed by atoms with E-state index in [1.54, 1.807) is 12.3 Å². The molecule has 0 amide bonds. The Bertz CT molecular complexity index is 376. The fourth-order valence-electron chi connectivity index (χ4n) is 1.73. The molecule has 0 fully saturated rings. The topological polar surface area (TPSA) is 35.2 Å². The Kier molecular flexibility index (Phi) is 3.02. The molecule has 0 aromatic heterocycles. The summed E-state index contributed by atoms with van der Waals surface area (Å²) in [6, 6.07) is 6.15. The highest BCUT2D eigenvalue weighted by atomic mass is 19.1. The fraction of sp³-hybridized carbons (Fsp3) is 0.333. The average molecular weight is 207 g/mol. The lowest BCUT2D eigenvalue weighted by Gasteiger charge is -2.20. The van der Waals surface area contributed by atoms with Crippen LogP contribution in [0.2, 0.25) is 0 Å². The van der Waals surface area contributed by atoms with Gasteiger partial charge in [0.1, 0.15) is 5.82 Å². The third-order valence-electron chi connectivity index (χ3n) is 2.57. The van der Waals surface area contributed by atoms with Gasteiger partial charge < -0.3 is 10.5 Å². The first kappa shape index (κ1) is 10.2. The number of ether oxygens (including phenoxy) is 1. The lowest BCUT2D eigenvalue weighted by molar-refractivity contribution is 0.221. The van der Waals surface area contributed by atoms with Gasteiger partial charge in [-0.3, -0.25) is 0 Å². The molecule has 1 aliphatic heterocycles. The number of rotatable bonds is 2. The zero-order valence-electron chi connectivity index (χ0n) is 8.45. The van der Waals surface area contributed by atoms with Crippen LogP contribution in [0.15, 0.2) is 36.1 Å². The maximum Gasteiger partial charge on any atom is 0.123 e. The van der Waals surface area contributed by atoms with Gasteiger partial charge in [0.25, 0.3) is 0 Å². The standard InChI is InChI=1S/C12H14FNO/c13-11-5-1-3-9(7-11)12(14)10-4-2-6-15-8-10/h1,3,5,7-8,12H,2,4,6,14H2. The summed E-state index contributed by atoms with van der Waals surface area (Å²) in [7, 11) is 0. The molecule has 0 saturated heterocycles. The van der Waals surface area contributed by atoms with Crippen molar-refractivity contribution in [3.05, 3.63) is 47.5 Å². The van der Waals surface area contributed by atoms with Gasteiger partial charge in [-0.05, 0) is 36.1 Å². The van der Waals surface area contributed by atoms with E-state index in [4.69, 9.17) is 10.5 Å². The van der Waals surface area contributed by atoms with Crippen LogP contribution in [-0.2, 0) is 4.74 Å². The molecule has 15 heavy (non-hydrogen) atoms. The summed E-state index contributed by atoms with van der Waals surface area (Å²) in [6.07, 6.45) is 3.62. The number of hydrogen-bond donors (Lipinski definition) is 1. The number of benzene rings is 1. The van der Waals surface area contributed by atoms with Crippen LogP contribution in [0.4, 0.5) is 4.39 Å². The van der Waals surface area contributed by atoms with Gasteiger partial charge in [-0.25, -0.2) is 4.39 Å². The second-order valence-corrected chi connectivity index (χ2v) is 3.70. The fourth-order valence-corrected chi connectivity index (χ4v) is 1.73. The number of nitrogens with two attached hydrogens (primary N) is 1. The summed E-state index contributed by atoms with van der Waals surface area (Å²) >= 11 is 0. The maximum atomic E-state index is 13.0. The van der Waals surface area contributed by atoms with E-state index in [0.29, 0.717) is 0 Å². The second kappa shape index (κ2) is 4.45. The summed E-state index contributed by atoms with van der Waals surface area (Å²) in [5, 5.41) is 0. The minimum absolute atomic E-state index is 0.249. The van der Waals surface area contributed by atoms with E-state index in [2.05, 4.69) is 0 Å². The largest absolute Gasteiger partial charge is 0.501 e. The molecule has 0 radical (unpaired) electrons. The third kappa shape index (κ3) is 2.36. The van der Waals surface area contributed by atoms with Gasteiger partial charge in [-0.1, -0.05) is 12.1 Å². The molecule has 1 aromatic rings. The predicted molar refractivity (Wildman–Crippen MR) is 56.6 cm³/mol. The summed E-state index contributed by atoms with van der Waals surface area (Å²) in [6.45, 7) is 0.749. The van der Waals surface area contributed by atoms with Gasteiger partial charge in [-0.2, -0.15) is 0 Å². The molecule has 2 N–H and O–H groups in total. The number of halogens is 1. The Labute approximate surface area is 88.5 Å². The van der Waals surface area contributed by atoms with E-state index in [1.807, 2.05) is 6.07 Å². The van der Waals surface area contributed by atoms with Crippen LogP contribution in [0, 0.1) is 5.82 Å². The Balaban J connectivity index is 2.19. The van der Waals surface area contributed by atoms with E-state index >= 15 is 0 Å². The van der Waals surface area contributed by atoms with Crippen molar-refractivity contribution < 1.29 is 9.13 Å². The van der Waals surface area contributed by atoms with E-state index < -0.39 is 0 Å². The first-order valence-electron chi connectivity index (χ1n) is 5.09. The minimum atomic E-state index is -0.250. The van der Waals surface area contributed by atoms with Crippen LogP contribution >= 0.6 is 0 Å². The SMILES string of the molecule is NC(C1=COCCC1)c1cccc(F)c1. The molecular formula is C12H14FNO. The molecule has 0 aliphatic carbocycles. The van der Waals surface area contributed by atoms with Gasteiger partial charge in [0.2, 0.25) is 0 Å². The van der Waals surface area contributed by atoms with Gasteiger partial charge >= 0.3 is 0 Å². The molecule has 1 atom stereocenters.